The summed E-state index contributed by atoms with van der Waals surface area (Å²) in [5.74, 6) is -0.0724. The Labute approximate surface area is 145 Å². The monoisotopic (exact) mass is 327 g/mol. The van der Waals surface area contributed by atoms with Gasteiger partial charge >= 0.3 is 5.97 Å². The zero-order chi connectivity index (χ0) is 17.2. The molecule has 0 saturated heterocycles. The molecular formula is C20H41NO2. The van der Waals surface area contributed by atoms with E-state index in [4.69, 9.17) is 4.84 Å². The lowest BCUT2D eigenvalue weighted by Crippen LogP contribution is -2.26. The summed E-state index contributed by atoms with van der Waals surface area (Å²) in [4.78, 5) is 16.9. The van der Waals surface area contributed by atoms with Crippen LogP contribution in [0.1, 0.15) is 111 Å². The Balaban J connectivity index is 3.20. The van der Waals surface area contributed by atoms with Crippen molar-refractivity contribution in [2.24, 2.45) is 0 Å². The van der Waals surface area contributed by atoms with E-state index in [2.05, 4.69) is 6.92 Å². The molecule has 0 aromatic carbocycles. The van der Waals surface area contributed by atoms with E-state index in [9.17, 15) is 4.79 Å². The van der Waals surface area contributed by atoms with Crippen LogP contribution in [0.3, 0.4) is 0 Å². The predicted molar refractivity (Wildman–Crippen MR) is 99.3 cm³/mol. The molecule has 0 bridgehead atoms. The number of hydroxylamine groups is 2. The molecule has 0 heterocycles. The van der Waals surface area contributed by atoms with E-state index in [0.29, 0.717) is 6.42 Å². The van der Waals surface area contributed by atoms with Gasteiger partial charge in [-0.1, -0.05) is 84.0 Å². The van der Waals surface area contributed by atoms with Crippen molar-refractivity contribution in [3.63, 3.8) is 0 Å². The van der Waals surface area contributed by atoms with Crippen LogP contribution in [-0.2, 0) is 9.63 Å². The predicted octanol–water partition coefficient (Wildman–Crippen LogP) is 6.27. The van der Waals surface area contributed by atoms with Crippen molar-refractivity contribution in [2.45, 2.75) is 111 Å². The van der Waals surface area contributed by atoms with Crippen molar-refractivity contribution in [3.8, 4) is 0 Å². The Morgan fingerprint density at radius 2 is 1.04 bits per heavy atom. The van der Waals surface area contributed by atoms with E-state index in [1.54, 1.807) is 5.06 Å². The molecule has 3 nitrogen and oxygen atoms in total. The molecule has 0 amide bonds. The lowest BCUT2D eigenvalue weighted by atomic mass is 10.0. The highest BCUT2D eigenvalue weighted by Crippen LogP contribution is 2.13. The summed E-state index contributed by atoms with van der Waals surface area (Å²) >= 11 is 0. The number of carbonyl (C=O) groups excluding carboxylic acids is 1. The SMILES string of the molecule is CCCCCCCCCCCCCCCC(=O)ON(CC)CC. The number of nitrogens with zero attached hydrogens (tertiary/aromatic N) is 1. The van der Waals surface area contributed by atoms with Crippen molar-refractivity contribution < 1.29 is 9.63 Å². The van der Waals surface area contributed by atoms with Crippen LogP contribution in [0.15, 0.2) is 0 Å². The molecule has 0 unspecified atom stereocenters. The van der Waals surface area contributed by atoms with Crippen LogP contribution in [0.4, 0.5) is 0 Å². The fourth-order valence-electron chi connectivity index (χ4n) is 2.83. The molecule has 0 aromatic rings. The molecule has 23 heavy (non-hydrogen) atoms. The number of unbranched alkanes of at least 4 members (excludes halogenated alkanes) is 12. The Kier molecular flexibility index (Phi) is 17.3. The highest BCUT2D eigenvalue weighted by Gasteiger charge is 2.07. The molecule has 0 atom stereocenters. The average molecular weight is 328 g/mol. The van der Waals surface area contributed by atoms with E-state index in [0.717, 1.165) is 25.9 Å². The van der Waals surface area contributed by atoms with Crippen molar-refractivity contribution in [1.29, 1.82) is 0 Å². The summed E-state index contributed by atoms with van der Waals surface area (Å²) in [7, 11) is 0. The fourth-order valence-corrected chi connectivity index (χ4v) is 2.83. The van der Waals surface area contributed by atoms with Gasteiger partial charge in [0.25, 0.3) is 0 Å². The zero-order valence-corrected chi connectivity index (χ0v) is 16.1. The molecule has 0 rings (SSSR count). The summed E-state index contributed by atoms with van der Waals surface area (Å²) in [5.41, 5.74) is 0. The molecule has 0 fully saturated rings. The Morgan fingerprint density at radius 3 is 1.43 bits per heavy atom. The van der Waals surface area contributed by atoms with Crippen LogP contribution in [0, 0.1) is 0 Å². The van der Waals surface area contributed by atoms with E-state index in [1.807, 2.05) is 13.8 Å². The Bertz CT molecular complexity index is 252. The molecule has 0 spiro atoms. The molecule has 0 aliphatic rings. The summed E-state index contributed by atoms with van der Waals surface area (Å²) in [6, 6.07) is 0. The number of carbonyl (C=O) groups is 1. The molecule has 0 radical (unpaired) electrons. The van der Waals surface area contributed by atoms with Crippen LogP contribution < -0.4 is 0 Å². The van der Waals surface area contributed by atoms with Gasteiger partial charge in [0.15, 0.2) is 0 Å². The van der Waals surface area contributed by atoms with Crippen molar-refractivity contribution in [2.75, 3.05) is 13.1 Å². The standard InChI is InChI=1S/C20H41NO2/c1-4-7-8-9-10-11-12-13-14-15-16-17-18-19-20(22)23-21(5-2)6-3/h4-19H2,1-3H3. The molecular weight excluding hydrogens is 286 g/mol. The van der Waals surface area contributed by atoms with E-state index in [-0.39, 0.29) is 5.97 Å². The highest BCUT2D eigenvalue weighted by atomic mass is 16.7. The average Bonchev–Trinajstić information content (AvgIpc) is 2.56. The van der Waals surface area contributed by atoms with Crippen LogP contribution >= 0.6 is 0 Å². The molecule has 0 aliphatic heterocycles. The van der Waals surface area contributed by atoms with E-state index < -0.39 is 0 Å². The lowest BCUT2D eigenvalue weighted by Gasteiger charge is -2.16. The quantitative estimate of drug-likeness (QED) is 0.233. The van der Waals surface area contributed by atoms with Gasteiger partial charge < -0.3 is 4.84 Å². The summed E-state index contributed by atoms with van der Waals surface area (Å²) < 4.78 is 0. The van der Waals surface area contributed by atoms with Crippen molar-refractivity contribution in [1.82, 2.24) is 5.06 Å². The first kappa shape index (κ1) is 22.4. The summed E-state index contributed by atoms with van der Waals surface area (Å²) in [6.07, 6.45) is 17.9. The van der Waals surface area contributed by atoms with Gasteiger partial charge in [0, 0.05) is 19.5 Å². The Morgan fingerprint density at radius 1 is 0.652 bits per heavy atom. The second kappa shape index (κ2) is 17.8. The minimum absolute atomic E-state index is 0.0724. The van der Waals surface area contributed by atoms with Crippen LogP contribution in [0.25, 0.3) is 0 Å². The number of hydrogen-bond acceptors (Lipinski definition) is 3. The maximum atomic E-state index is 11.6. The largest absolute Gasteiger partial charge is 0.368 e. The topological polar surface area (TPSA) is 29.5 Å². The highest BCUT2D eigenvalue weighted by molar-refractivity contribution is 5.68. The Hall–Kier alpha value is -0.570. The van der Waals surface area contributed by atoms with Crippen molar-refractivity contribution >= 4 is 5.97 Å². The third-order valence-corrected chi connectivity index (χ3v) is 4.42. The summed E-state index contributed by atoms with van der Waals surface area (Å²) in [6.45, 7) is 7.81. The van der Waals surface area contributed by atoms with Gasteiger partial charge in [0.2, 0.25) is 0 Å². The first-order valence-electron chi connectivity index (χ1n) is 10.2. The minimum atomic E-state index is -0.0724. The second-order valence-corrected chi connectivity index (χ2v) is 6.57. The van der Waals surface area contributed by atoms with Gasteiger partial charge in [-0.05, 0) is 20.3 Å². The number of rotatable bonds is 17. The van der Waals surface area contributed by atoms with Gasteiger partial charge in [0.05, 0.1) is 0 Å². The third-order valence-electron chi connectivity index (χ3n) is 4.42. The maximum Gasteiger partial charge on any atom is 0.325 e. The first-order valence-corrected chi connectivity index (χ1v) is 10.2. The molecule has 0 saturated carbocycles. The molecule has 0 N–H and O–H groups in total. The third kappa shape index (κ3) is 16.1. The lowest BCUT2D eigenvalue weighted by molar-refractivity contribution is -0.188. The van der Waals surface area contributed by atoms with Crippen molar-refractivity contribution in [3.05, 3.63) is 0 Å². The van der Waals surface area contributed by atoms with E-state index >= 15 is 0 Å². The fraction of sp³-hybridized carbons (Fsp3) is 0.950. The number of hydrogen-bond donors (Lipinski definition) is 0. The minimum Gasteiger partial charge on any atom is -0.368 e. The molecule has 0 aromatic heterocycles. The first-order chi connectivity index (χ1) is 11.2. The zero-order valence-electron chi connectivity index (χ0n) is 16.1. The van der Waals surface area contributed by atoms with Gasteiger partial charge in [0.1, 0.15) is 0 Å². The van der Waals surface area contributed by atoms with Crippen LogP contribution in [-0.4, -0.2) is 24.1 Å². The van der Waals surface area contributed by atoms with Gasteiger partial charge in [-0.25, -0.2) is 0 Å². The smallest absolute Gasteiger partial charge is 0.325 e. The summed E-state index contributed by atoms with van der Waals surface area (Å²) in [5, 5.41) is 1.71. The van der Waals surface area contributed by atoms with Crippen LogP contribution in [0.2, 0.25) is 0 Å². The van der Waals surface area contributed by atoms with Gasteiger partial charge in [-0.2, -0.15) is 0 Å². The van der Waals surface area contributed by atoms with E-state index in [1.165, 1.54) is 70.6 Å². The molecule has 3 heteroatoms. The van der Waals surface area contributed by atoms with Gasteiger partial charge in [-0.15, -0.1) is 5.06 Å². The second-order valence-electron chi connectivity index (χ2n) is 6.57. The molecule has 0 aliphatic carbocycles. The maximum absolute atomic E-state index is 11.6. The van der Waals surface area contributed by atoms with Gasteiger partial charge in [-0.3, -0.25) is 4.79 Å². The van der Waals surface area contributed by atoms with Crippen LogP contribution in [0.5, 0.6) is 0 Å². The molecule has 138 valence electrons. The normalized spacial score (nSPS) is 11.1.